The van der Waals surface area contributed by atoms with Crippen LogP contribution in [0.2, 0.25) is 0 Å². The molecule has 0 fully saturated rings. The van der Waals surface area contributed by atoms with E-state index in [1.807, 2.05) is 24.5 Å². The SMILES string of the molecule is C=CCC(C=C)(CC=C)COC(=S)SC. The van der Waals surface area contributed by atoms with Gasteiger partial charge in [0.1, 0.15) is 0 Å². The summed E-state index contributed by atoms with van der Waals surface area (Å²) in [5.41, 5.74) is -0.122. The van der Waals surface area contributed by atoms with Crippen LogP contribution in [-0.4, -0.2) is 17.2 Å². The Hall–Kier alpha value is -0.540. The summed E-state index contributed by atoms with van der Waals surface area (Å²) >= 11 is 6.43. The van der Waals surface area contributed by atoms with Gasteiger partial charge in [0, 0.05) is 5.41 Å². The van der Waals surface area contributed by atoms with E-state index < -0.39 is 0 Å². The molecule has 0 spiro atoms. The summed E-state index contributed by atoms with van der Waals surface area (Å²) in [6, 6.07) is 0. The fraction of sp³-hybridized carbons (Fsp3) is 0.417. The molecule has 84 valence electrons. The third-order valence-electron chi connectivity index (χ3n) is 2.18. The number of thioether (sulfide) groups is 1. The number of hydrogen-bond acceptors (Lipinski definition) is 3. The molecule has 0 aliphatic carbocycles. The zero-order valence-electron chi connectivity index (χ0n) is 9.20. The van der Waals surface area contributed by atoms with Crippen LogP contribution in [0.15, 0.2) is 38.0 Å². The zero-order valence-corrected chi connectivity index (χ0v) is 10.8. The highest BCUT2D eigenvalue weighted by Gasteiger charge is 2.24. The van der Waals surface area contributed by atoms with Crippen molar-refractivity contribution in [2.24, 2.45) is 5.41 Å². The van der Waals surface area contributed by atoms with Crippen molar-refractivity contribution in [2.45, 2.75) is 12.8 Å². The summed E-state index contributed by atoms with van der Waals surface area (Å²) in [5.74, 6) is 0. The van der Waals surface area contributed by atoms with E-state index in [0.29, 0.717) is 11.0 Å². The quantitative estimate of drug-likeness (QED) is 0.494. The lowest BCUT2D eigenvalue weighted by molar-refractivity contribution is 0.193. The Morgan fingerprint density at radius 1 is 1.33 bits per heavy atom. The first-order chi connectivity index (χ1) is 7.14. The van der Waals surface area contributed by atoms with Crippen molar-refractivity contribution >= 4 is 28.4 Å². The summed E-state index contributed by atoms with van der Waals surface area (Å²) in [7, 11) is 0. The first-order valence-electron chi connectivity index (χ1n) is 4.70. The van der Waals surface area contributed by atoms with Gasteiger partial charge in [-0.05, 0) is 31.3 Å². The van der Waals surface area contributed by atoms with E-state index in [4.69, 9.17) is 17.0 Å². The van der Waals surface area contributed by atoms with Gasteiger partial charge in [-0.2, -0.15) is 0 Å². The second-order valence-electron chi connectivity index (χ2n) is 3.29. The lowest BCUT2D eigenvalue weighted by atomic mass is 9.82. The smallest absolute Gasteiger partial charge is 0.219 e. The second kappa shape index (κ2) is 7.71. The number of rotatable bonds is 7. The summed E-state index contributed by atoms with van der Waals surface area (Å²) in [6.45, 7) is 11.9. The number of hydrogen-bond donors (Lipinski definition) is 0. The molecule has 0 saturated carbocycles. The van der Waals surface area contributed by atoms with Crippen LogP contribution in [0.25, 0.3) is 0 Å². The monoisotopic (exact) mass is 242 g/mol. The molecule has 1 nitrogen and oxygen atoms in total. The first kappa shape index (κ1) is 14.5. The Morgan fingerprint density at radius 3 is 2.20 bits per heavy atom. The summed E-state index contributed by atoms with van der Waals surface area (Å²) in [4.78, 5) is 0. The number of ether oxygens (including phenoxy) is 1. The van der Waals surface area contributed by atoms with Crippen molar-refractivity contribution < 1.29 is 4.74 Å². The highest BCUT2D eigenvalue weighted by Crippen LogP contribution is 2.30. The molecule has 0 atom stereocenters. The molecule has 0 aliphatic heterocycles. The molecule has 0 aromatic heterocycles. The molecule has 15 heavy (non-hydrogen) atoms. The molecule has 0 saturated heterocycles. The van der Waals surface area contributed by atoms with Crippen LogP contribution < -0.4 is 0 Å². The molecule has 0 bridgehead atoms. The van der Waals surface area contributed by atoms with Gasteiger partial charge in [-0.1, -0.05) is 30.0 Å². The van der Waals surface area contributed by atoms with Crippen LogP contribution >= 0.6 is 24.0 Å². The van der Waals surface area contributed by atoms with Crippen molar-refractivity contribution in [2.75, 3.05) is 12.9 Å². The minimum atomic E-state index is -0.122. The fourth-order valence-electron chi connectivity index (χ4n) is 1.26. The van der Waals surface area contributed by atoms with E-state index in [0.717, 1.165) is 12.8 Å². The summed E-state index contributed by atoms with van der Waals surface area (Å²) < 4.78 is 6.04. The van der Waals surface area contributed by atoms with E-state index in [1.165, 1.54) is 11.8 Å². The molecule has 0 amide bonds. The molecule has 0 N–H and O–H groups in total. The molecule has 0 heterocycles. The van der Waals surface area contributed by atoms with E-state index >= 15 is 0 Å². The summed E-state index contributed by atoms with van der Waals surface area (Å²) in [6.07, 6.45) is 9.19. The molecule has 0 aromatic carbocycles. The van der Waals surface area contributed by atoms with Gasteiger partial charge < -0.3 is 4.74 Å². The molecule has 0 unspecified atom stereocenters. The maximum absolute atomic E-state index is 5.48. The molecular weight excluding hydrogens is 224 g/mol. The average Bonchev–Trinajstić information content (AvgIpc) is 2.26. The van der Waals surface area contributed by atoms with Crippen LogP contribution in [-0.2, 0) is 4.74 Å². The lowest BCUT2D eigenvalue weighted by Gasteiger charge is -2.27. The van der Waals surface area contributed by atoms with Crippen LogP contribution in [0, 0.1) is 5.41 Å². The Balaban J connectivity index is 4.45. The normalized spacial score (nSPS) is 10.5. The van der Waals surface area contributed by atoms with Crippen LogP contribution in [0.3, 0.4) is 0 Å². The molecule has 0 aromatic rings. The Kier molecular flexibility index (Phi) is 7.44. The van der Waals surface area contributed by atoms with Crippen LogP contribution in [0.4, 0.5) is 0 Å². The topological polar surface area (TPSA) is 9.23 Å². The van der Waals surface area contributed by atoms with Crippen molar-refractivity contribution in [1.82, 2.24) is 0 Å². The Labute approximate surface area is 102 Å². The average molecular weight is 242 g/mol. The first-order valence-corrected chi connectivity index (χ1v) is 6.33. The third kappa shape index (κ3) is 5.19. The molecule has 0 rings (SSSR count). The Morgan fingerprint density at radius 2 is 1.87 bits per heavy atom. The highest BCUT2D eigenvalue weighted by molar-refractivity contribution is 8.22. The molecule has 3 heteroatoms. The van der Waals surface area contributed by atoms with Gasteiger partial charge >= 0.3 is 0 Å². The Bertz CT molecular complexity index is 236. The standard InChI is InChI=1S/C12H18OS2/c1-5-8-12(7-3,9-6-2)10-13-11(14)15-4/h5-7H,1-3,8-10H2,4H3. The van der Waals surface area contributed by atoms with Gasteiger partial charge in [0.25, 0.3) is 0 Å². The number of allylic oxidation sites excluding steroid dienone is 2. The van der Waals surface area contributed by atoms with Gasteiger partial charge in [0.2, 0.25) is 4.38 Å². The predicted molar refractivity (Wildman–Crippen MR) is 74.3 cm³/mol. The number of thiocarbonyl (C=S) groups is 1. The third-order valence-corrected chi connectivity index (χ3v) is 3.25. The highest BCUT2D eigenvalue weighted by atomic mass is 32.2. The van der Waals surface area contributed by atoms with Gasteiger partial charge in [0.05, 0.1) is 6.61 Å². The van der Waals surface area contributed by atoms with Crippen LogP contribution in [0.5, 0.6) is 0 Å². The molecule has 0 aliphatic rings. The van der Waals surface area contributed by atoms with Gasteiger partial charge in [-0.15, -0.1) is 19.7 Å². The van der Waals surface area contributed by atoms with E-state index in [9.17, 15) is 0 Å². The van der Waals surface area contributed by atoms with E-state index in [-0.39, 0.29) is 5.41 Å². The molecular formula is C12H18OS2. The van der Waals surface area contributed by atoms with Crippen molar-refractivity contribution in [3.8, 4) is 0 Å². The second-order valence-corrected chi connectivity index (χ2v) is 4.70. The van der Waals surface area contributed by atoms with Crippen LogP contribution in [0.1, 0.15) is 12.8 Å². The van der Waals surface area contributed by atoms with Crippen molar-refractivity contribution in [1.29, 1.82) is 0 Å². The maximum atomic E-state index is 5.48. The maximum Gasteiger partial charge on any atom is 0.219 e. The predicted octanol–water partition coefficient (Wildman–Crippen LogP) is 3.98. The van der Waals surface area contributed by atoms with Crippen molar-refractivity contribution in [3.63, 3.8) is 0 Å². The van der Waals surface area contributed by atoms with Crippen molar-refractivity contribution in [3.05, 3.63) is 38.0 Å². The zero-order chi connectivity index (χ0) is 11.7. The largest absolute Gasteiger partial charge is 0.478 e. The minimum Gasteiger partial charge on any atom is -0.478 e. The molecule has 0 radical (unpaired) electrons. The van der Waals surface area contributed by atoms with E-state index in [1.54, 1.807) is 0 Å². The van der Waals surface area contributed by atoms with E-state index in [2.05, 4.69) is 19.7 Å². The minimum absolute atomic E-state index is 0.122. The summed E-state index contributed by atoms with van der Waals surface area (Å²) in [5, 5.41) is 0. The van der Waals surface area contributed by atoms with Gasteiger partial charge in [-0.25, -0.2) is 0 Å². The lowest BCUT2D eigenvalue weighted by Crippen LogP contribution is -2.24. The van der Waals surface area contributed by atoms with Gasteiger partial charge in [0.15, 0.2) is 0 Å². The van der Waals surface area contributed by atoms with Gasteiger partial charge in [-0.3, -0.25) is 0 Å². The fourth-order valence-corrected chi connectivity index (χ4v) is 1.50.